The molecule has 2 heterocycles. The van der Waals surface area contributed by atoms with Gasteiger partial charge in [0.25, 0.3) is 0 Å². The number of hydrogen-bond acceptors (Lipinski definition) is 5. The van der Waals surface area contributed by atoms with Gasteiger partial charge < -0.3 is 24.1 Å². The third-order valence-corrected chi connectivity index (χ3v) is 3.74. The number of benzene rings is 1. The smallest absolute Gasteiger partial charge is 0.164 e. The SMILES string of the molecule is CC1(C)O[C@H]([C@@H]2O[C@@H]2CO)[C@H](COCc2ccccc2)O1. The van der Waals surface area contributed by atoms with Gasteiger partial charge in [-0.2, -0.15) is 0 Å². The van der Waals surface area contributed by atoms with Crippen LogP contribution in [0.2, 0.25) is 0 Å². The van der Waals surface area contributed by atoms with Crippen molar-refractivity contribution >= 4 is 0 Å². The van der Waals surface area contributed by atoms with Crippen molar-refractivity contribution in [3.8, 4) is 0 Å². The first-order valence-corrected chi connectivity index (χ1v) is 7.33. The molecule has 0 aliphatic carbocycles. The number of epoxide rings is 1. The monoisotopic (exact) mass is 294 g/mol. The molecule has 0 amide bonds. The first-order chi connectivity index (χ1) is 10.1. The maximum atomic E-state index is 9.13. The maximum Gasteiger partial charge on any atom is 0.164 e. The second-order valence-corrected chi connectivity index (χ2v) is 5.96. The lowest BCUT2D eigenvalue weighted by atomic mass is 10.1. The Kier molecular flexibility index (Phi) is 4.28. The summed E-state index contributed by atoms with van der Waals surface area (Å²) >= 11 is 0. The molecule has 2 fully saturated rings. The molecule has 3 rings (SSSR count). The molecule has 0 unspecified atom stereocenters. The van der Waals surface area contributed by atoms with E-state index in [4.69, 9.17) is 24.1 Å². The molecule has 1 aromatic carbocycles. The minimum atomic E-state index is -0.641. The van der Waals surface area contributed by atoms with Crippen LogP contribution in [0, 0.1) is 0 Å². The van der Waals surface area contributed by atoms with Gasteiger partial charge in [0.15, 0.2) is 5.79 Å². The van der Waals surface area contributed by atoms with E-state index >= 15 is 0 Å². The van der Waals surface area contributed by atoms with Crippen molar-refractivity contribution in [3.05, 3.63) is 35.9 Å². The predicted octanol–water partition coefficient (Wildman–Crippen LogP) is 1.48. The Morgan fingerprint density at radius 2 is 1.86 bits per heavy atom. The van der Waals surface area contributed by atoms with E-state index in [1.165, 1.54) is 0 Å². The summed E-state index contributed by atoms with van der Waals surface area (Å²) in [7, 11) is 0. The van der Waals surface area contributed by atoms with Crippen LogP contribution in [-0.4, -0.2) is 48.5 Å². The molecule has 5 nitrogen and oxygen atoms in total. The van der Waals surface area contributed by atoms with Crippen LogP contribution in [0.1, 0.15) is 19.4 Å². The van der Waals surface area contributed by atoms with E-state index in [9.17, 15) is 0 Å². The number of rotatable bonds is 6. The average molecular weight is 294 g/mol. The van der Waals surface area contributed by atoms with Gasteiger partial charge in [-0.25, -0.2) is 0 Å². The highest BCUT2D eigenvalue weighted by Gasteiger charge is 2.54. The quantitative estimate of drug-likeness (QED) is 0.805. The molecule has 0 spiro atoms. The molecular weight excluding hydrogens is 272 g/mol. The highest BCUT2D eigenvalue weighted by atomic mass is 16.8. The largest absolute Gasteiger partial charge is 0.394 e. The van der Waals surface area contributed by atoms with Crippen LogP contribution in [0.15, 0.2) is 30.3 Å². The number of aliphatic hydroxyl groups excluding tert-OH is 1. The van der Waals surface area contributed by atoms with Crippen LogP contribution in [0.4, 0.5) is 0 Å². The van der Waals surface area contributed by atoms with Gasteiger partial charge in [-0.05, 0) is 19.4 Å². The fraction of sp³-hybridized carbons (Fsp3) is 0.625. The number of aliphatic hydroxyl groups is 1. The Morgan fingerprint density at radius 1 is 1.10 bits per heavy atom. The van der Waals surface area contributed by atoms with Crippen LogP contribution < -0.4 is 0 Å². The fourth-order valence-corrected chi connectivity index (χ4v) is 2.73. The molecule has 5 heteroatoms. The Bertz CT molecular complexity index is 461. The molecule has 2 saturated heterocycles. The zero-order valence-corrected chi connectivity index (χ0v) is 12.4. The van der Waals surface area contributed by atoms with Crippen molar-refractivity contribution in [2.75, 3.05) is 13.2 Å². The molecule has 1 N–H and O–H groups in total. The minimum Gasteiger partial charge on any atom is -0.394 e. The molecule has 2 aliphatic rings. The van der Waals surface area contributed by atoms with Crippen molar-refractivity contribution < 1.29 is 24.1 Å². The summed E-state index contributed by atoms with van der Waals surface area (Å²) in [6.07, 6.45) is -0.593. The summed E-state index contributed by atoms with van der Waals surface area (Å²) in [6.45, 7) is 4.77. The second-order valence-electron chi connectivity index (χ2n) is 5.96. The van der Waals surface area contributed by atoms with Gasteiger partial charge in [0.1, 0.15) is 24.4 Å². The topological polar surface area (TPSA) is 60.5 Å². The van der Waals surface area contributed by atoms with Gasteiger partial charge in [-0.3, -0.25) is 0 Å². The van der Waals surface area contributed by atoms with Gasteiger partial charge in [-0.1, -0.05) is 30.3 Å². The third-order valence-electron chi connectivity index (χ3n) is 3.74. The lowest BCUT2D eigenvalue weighted by Gasteiger charge is -2.16. The summed E-state index contributed by atoms with van der Waals surface area (Å²) in [5.74, 6) is -0.641. The van der Waals surface area contributed by atoms with E-state index in [1.807, 2.05) is 44.2 Å². The molecule has 21 heavy (non-hydrogen) atoms. The molecule has 0 aromatic heterocycles. The van der Waals surface area contributed by atoms with Crippen LogP contribution in [0.25, 0.3) is 0 Å². The summed E-state index contributed by atoms with van der Waals surface area (Å²) in [4.78, 5) is 0. The van der Waals surface area contributed by atoms with Gasteiger partial charge in [-0.15, -0.1) is 0 Å². The van der Waals surface area contributed by atoms with Crippen molar-refractivity contribution in [2.45, 2.75) is 50.7 Å². The number of ether oxygens (including phenoxy) is 4. The average Bonchev–Trinajstić information content (AvgIpc) is 3.18. The van der Waals surface area contributed by atoms with E-state index < -0.39 is 5.79 Å². The first-order valence-electron chi connectivity index (χ1n) is 7.33. The first kappa shape index (κ1) is 14.9. The zero-order chi connectivity index (χ0) is 14.9. The molecule has 2 aliphatic heterocycles. The normalized spacial score (nSPS) is 34.0. The van der Waals surface area contributed by atoms with E-state index in [1.54, 1.807) is 0 Å². The van der Waals surface area contributed by atoms with Gasteiger partial charge in [0.05, 0.1) is 19.8 Å². The predicted molar refractivity (Wildman–Crippen MR) is 75.7 cm³/mol. The zero-order valence-electron chi connectivity index (χ0n) is 12.4. The highest BCUT2D eigenvalue weighted by Crippen LogP contribution is 2.38. The van der Waals surface area contributed by atoms with Gasteiger partial charge in [0.2, 0.25) is 0 Å². The van der Waals surface area contributed by atoms with Gasteiger partial charge >= 0.3 is 0 Å². The molecule has 0 radical (unpaired) electrons. The molecular formula is C16H22O5. The van der Waals surface area contributed by atoms with Crippen molar-refractivity contribution in [1.82, 2.24) is 0 Å². The maximum absolute atomic E-state index is 9.13. The van der Waals surface area contributed by atoms with Crippen LogP contribution in [0.5, 0.6) is 0 Å². The summed E-state index contributed by atoms with van der Waals surface area (Å²) < 4.78 is 22.9. The summed E-state index contributed by atoms with van der Waals surface area (Å²) in [5, 5.41) is 9.13. The van der Waals surface area contributed by atoms with Gasteiger partial charge in [0, 0.05) is 0 Å². The molecule has 0 bridgehead atoms. The molecule has 4 atom stereocenters. The summed E-state index contributed by atoms with van der Waals surface area (Å²) in [6, 6.07) is 10.0. The summed E-state index contributed by atoms with van der Waals surface area (Å²) in [5.41, 5.74) is 1.13. The van der Waals surface area contributed by atoms with Crippen molar-refractivity contribution in [1.29, 1.82) is 0 Å². The standard InChI is InChI=1S/C16H22O5/c1-16(2)20-13(15(21-16)14-12(8-17)19-14)10-18-9-11-6-4-3-5-7-11/h3-7,12-15,17H,8-10H2,1-2H3/t12-,13+,14-,15+/m1/s1. The fourth-order valence-electron chi connectivity index (χ4n) is 2.73. The van der Waals surface area contributed by atoms with Crippen LogP contribution in [0.3, 0.4) is 0 Å². The second kappa shape index (κ2) is 6.02. The third kappa shape index (κ3) is 3.62. The van der Waals surface area contributed by atoms with Crippen LogP contribution in [-0.2, 0) is 25.6 Å². The Balaban J connectivity index is 1.53. The van der Waals surface area contributed by atoms with Crippen LogP contribution >= 0.6 is 0 Å². The van der Waals surface area contributed by atoms with E-state index in [0.717, 1.165) is 5.56 Å². The van der Waals surface area contributed by atoms with E-state index in [-0.39, 0.29) is 31.0 Å². The highest BCUT2D eigenvalue weighted by molar-refractivity contribution is 5.13. The Morgan fingerprint density at radius 3 is 2.52 bits per heavy atom. The Labute approximate surface area is 124 Å². The minimum absolute atomic E-state index is 0.0164. The molecule has 116 valence electrons. The Hall–Kier alpha value is -0.980. The molecule has 1 aromatic rings. The lowest BCUT2D eigenvalue weighted by molar-refractivity contribution is -0.152. The van der Waals surface area contributed by atoms with E-state index in [2.05, 4.69) is 0 Å². The number of hydrogen-bond donors (Lipinski definition) is 1. The van der Waals surface area contributed by atoms with Crippen molar-refractivity contribution in [3.63, 3.8) is 0 Å². The lowest BCUT2D eigenvalue weighted by Crippen LogP contribution is -2.33. The molecule has 0 saturated carbocycles. The van der Waals surface area contributed by atoms with Crippen molar-refractivity contribution in [2.24, 2.45) is 0 Å². The van der Waals surface area contributed by atoms with E-state index in [0.29, 0.717) is 13.2 Å².